The van der Waals surface area contributed by atoms with Crippen LogP contribution in [0.25, 0.3) is 10.9 Å². The fraction of sp³-hybridized carbons (Fsp3) is 0.370. The quantitative estimate of drug-likeness (QED) is 0.450. The number of piperidine rings is 3. The first kappa shape index (κ1) is 22.3. The molecule has 2 unspecified atom stereocenters. The Hall–Kier alpha value is -2.54. The molecule has 3 fully saturated rings. The summed E-state index contributed by atoms with van der Waals surface area (Å²) in [4.78, 5) is 7.73. The van der Waals surface area contributed by atoms with Crippen molar-refractivity contribution in [2.24, 2.45) is 11.8 Å². The maximum Gasteiger partial charge on any atom is 0.189 e. The highest BCUT2D eigenvalue weighted by Crippen LogP contribution is 2.44. The second-order valence-corrected chi connectivity index (χ2v) is 10.2. The molecule has 1 aromatic heterocycles. The van der Waals surface area contributed by atoms with Crippen molar-refractivity contribution >= 4 is 22.0 Å². The summed E-state index contributed by atoms with van der Waals surface area (Å²) in [5, 5.41) is 0.977. The van der Waals surface area contributed by atoms with Gasteiger partial charge in [-0.2, -0.15) is 0 Å². The molecule has 4 heterocycles. The summed E-state index contributed by atoms with van der Waals surface area (Å²) in [7, 11) is 1.67. The SMILES string of the molecule is C=C[C@H]1CN2CC[C@H]1C[C@H]2[C@H](OS(=O)c1ccc(C)cc1)c1ccnc2ccc(OC)cc12. The van der Waals surface area contributed by atoms with Gasteiger partial charge in [-0.3, -0.25) is 14.1 Å². The number of methoxy groups -OCH3 is 1. The van der Waals surface area contributed by atoms with Gasteiger partial charge in [-0.05, 0) is 80.1 Å². The van der Waals surface area contributed by atoms with Crippen molar-refractivity contribution in [3.63, 3.8) is 0 Å². The van der Waals surface area contributed by atoms with E-state index in [2.05, 4.69) is 22.5 Å². The van der Waals surface area contributed by atoms with E-state index >= 15 is 0 Å². The van der Waals surface area contributed by atoms with Crippen LogP contribution in [0.2, 0.25) is 0 Å². The lowest BCUT2D eigenvalue weighted by Gasteiger charge is -2.51. The largest absolute Gasteiger partial charge is 0.497 e. The lowest BCUT2D eigenvalue weighted by molar-refractivity contribution is -0.0321. The van der Waals surface area contributed by atoms with Crippen LogP contribution in [0, 0.1) is 18.8 Å². The number of rotatable bonds is 7. The summed E-state index contributed by atoms with van der Waals surface area (Å²) in [6.07, 6.45) is 5.74. The Balaban J connectivity index is 1.56. The molecule has 0 N–H and O–H groups in total. The van der Waals surface area contributed by atoms with E-state index in [9.17, 15) is 4.21 Å². The van der Waals surface area contributed by atoms with Gasteiger partial charge in [-0.15, -0.1) is 6.58 Å². The Morgan fingerprint density at radius 3 is 2.73 bits per heavy atom. The van der Waals surface area contributed by atoms with Crippen molar-refractivity contribution in [3.05, 3.63) is 78.5 Å². The van der Waals surface area contributed by atoms with Gasteiger partial charge in [0.25, 0.3) is 0 Å². The fourth-order valence-corrected chi connectivity index (χ4v) is 6.23. The van der Waals surface area contributed by atoms with Gasteiger partial charge in [-0.25, -0.2) is 4.21 Å². The third-order valence-electron chi connectivity index (χ3n) is 7.20. The minimum absolute atomic E-state index is 0.145. The average Bonchev–Trinajstić information content (AvgIpc) is 2.87. The first-order valence-corrected chi connectivity index (χ1v) is 12.6. The molecule has 3 aliphatic heterocycles. The topological polar surface area (TPSA) is 51.7 Å². The molecule has 2 bridgehead atoms. The molecule has 5 nitrogen and oxygen atoms in total. The highest BCUT2D eigenvalue weighted by molar-refractivity contribution is 7.80. The molecule has 0 amide bonds. The normalized spacial score (nSPS) is 26.1. The minimum atomic E-state index is -1.59. The number of pyridine rings is 1. The van der Waals surface area contributed by atoms with Gasteiger partial charge in [0.2, 0.25) is 0 Å². The van der Waals surface area contributed by atoms with Crippen LogP contribution in [0.3, 0.4) is 0 Å². The van der Waals surface area contributed by atoms with E-state index in [4.69, 9.17) is 8.92 Å². The van der Waals surface area contributed by atoms with Crippen LogP contribution in [0.4, 0.5) is 0 Å². The third kappa shape index (κ3) is 4.35. The van der Waals surface area contributed by atoms with Gasteiger partial charge in [0.1, 0.15) is 11.9 Å². The van der Waals surface area contributed by atoms with E-state index in [1.54, 1.807) is 7.11 Å². The minimum Gasteiger partial charge on any atom is -0.497 e. The Morgan fingerprint density at radius 1 is 1.21 bits per heavy atom. The highest BCUT2D eigenvalue weighted by atomic mass is 32.2. The van der Waals surface area contributed by atoms with Gasteiger partial charge in [0.05, 0.1) is 17.5 Å². The van der Waals surface area contributed by atoms with Crippen LogP contribution < -0.4 is 4.74 Å². The number of aromatic nitrogens is 1. The predicted octanol–water partition coefficient (Wildman–Crippen LogP) is 5.23. The van der Waals surface area contributed by atoms with Gasteiger partial charge >= 0.3 is 0 Å². The van der Waals surface area contributed by atoms with Crippen LogP contribution in [-0.4, -0.2) is 40.3 Å². The summed E-state index contributed by atoms with van der Waals surface area (Å²) < 4.78 is 25.3. The van der Waals surface area contributed by atoms with E-state index in [0.717, 1.165) is 47.3 Å². The maximum atomic E-state index is 13.4. The standard InChI is InChI=1S/C27H30N2O3S/c1-4-19-17-29-14-12-20(19)15-26(29)27(32-33(30)22-8-5-18(2)6-9-22)23-11-13-28-25-10-7-21(31-3)16-24(23)25/h4-11,13,16,19-20,26-27H,1,12,14-15,17H2,2-3H3/t19-,20-,26-,27+,33?/m0/s1. The molecule has 33 heavy (non-hydrogen) atoms. The molecule has 0 saturated carbocycles. The van der Waals surface area contributed by atoms with Crippen molar-refractivity contribution in [2.45, 2.75) is 36.8 Å². The number of ether oxygens (including phenoxy) is 1. The third-order valence-corrected chi connectivity index (χ3v) is 8.24. The van der Waals surface area contributed by atoms with Crippen molar-refractivity contribution in [3.8, 4) is 5.75 Å². The van der Waals surface area contributed by atoms with Crippen molar-refractivity contribution in [1.82, 2.24) is 9.88 Å². The van der Waals surface area contributed by atoms with E-state index in [1.165, 1.54) is 6.42 Å². The summed E-state index contributed by atoms with van der Waals surface area (Å²) in [5.41, 5.74) is 3.01. The molecule has 172 valence electrons. The van der Waals surface area contributed by atoms with Crippen LogP contribution in [0.1, 0.15) is 30.1 Å². The lowest BCUT2D eigenvalue weighted by Crippen LogP contribution is -2.55. The number of hydrogen-bond acceptors (Lipinski definition) is 5. The Kier molecular flexibility index (Phi) is 6.32. The molecule has 6 heteroatoms. The summed E-state index contributed by atoms with van der Waals surface area (Å²) in [6.45, 7) is 8.09. The zero-order valence-electron chi connectivity index (χ0n) is 19.1. The number of aryl methyl sites for hydroxylation is 1. The first-order chi connectivity index (χ1) is 16.1. The van der Waals surface area contributed by atoms with Crippen molar-refractivity contribution in [2.75, 3.05) is 20.2 Å². The van der Waals surface area contributed by atoms with E-state index < -0.39 is 11.1 Å². The molecule has 0 spiro atoms. The second-order valence-electron chi connectivity index (χ2n) is 9.09. The van der Waals surface area contributed by atoms with Crippen LogP contribution in [0.15, 0.2) is 72.3 Å². The summed E-state index contributed by atoms with van der Waals surface area (Å²) in [5.74, 6) is 1.86. The zero-order valence-corrected chi connectivity index (χ0v) is 20.0. The molecule has 3 aliphatic rings. The molecule has 6 rings (SSSR count). The number of nitrogens with zero attached hydrogens (tertiary/aromatic N) is 2. The molecule has 0 aliphatic carbocycles. The predicted molar refractivity (Wildman–Crippen MR) is 131 cm³/mol. The van der Waals surface area contributed by atoms with Crippen molar-refractivity contribution < 1.29 is 13.1 Å². The summed E-state index contributed by atoms with van der Waals surface area (Å²) in [6, 6.07) is 15.8. The van der Waals surface area contributed by atoms with Crippen LogP contribution in [0.5, 0.6) is 5.75 Å². The average molecular weight is 463 g/mol. The summed E-state index contributed by atoms with van der Waals surface area (Å²) >= 11 is -1.59. The molecule has 2 aromatic carbocycles. The number of fused-ring (bicyclic) bond motifs is 4. The molecular formula is C27H30N2O3S. The van der Waals surface area contributed by atoms with Crippen LogP contribution >= 0.6 is 0 Å². The maximum absolute atomic E-state index is 13.4. The number of benzene rings is 2. The van der Waals surface area contributed by atoms with Gasteiger partial charge in [-0.1, -0.05) is 23.8 Å². The molecule has 3 saturated heterocycles. The molecular weight excluding hydrogens is 432 g/mol. The highest BCUT2D eigenvalue weighted by Gasteiger charge is 2.44. The van der Waals surface area contributed by atoms with E-state index in [1.807, 2.05) is 61.7 Å². The first-order valence-electron chi connectivity index (χ1n) is 11.5. The van der Waals surface area contributed by atoms with E-state index in [0.29, 0.717) is 16.7 Å². The Labute approximate surface area is 198 Å². The fourth-order valence-electron chi connectivity index (χ4n) is 5.34. The molecule has 3 aromatic rings. The monoisotopic (exact) mass is 462 g/mol. The van der Waals surface area contributed by atoms with Crippen molar-refractivity contribution in [1.29, 1.82) is 0 Å². The smallest absolute Gasteiger partial charge is 0.189 e. The molecule has 6 atom stereocenters. The van der Waals surface area contributed by atoms with Crippen LogP contribution in [-0.2, 0) is 15.3 Å². The van der Waals surface area contributed by atoms with Gasteiger partial charge < -0.3 is 4.74 Å². The Bertz CT molecular complexity index is 1180. The van der Waals surface area contributed by atoms with Gasteiger partial charge in [0.15, 0.2) is 11.1 Å². The lowest BCUT2D eigenvalue weighted by atomic mass is 9.73. The zero-order chi connectivity index (χ0) is 22.9. The number of hydrogen-bond donors (Lipinski definition) is 0. The Morgan fingerprint density at radius 2 is 2.03 bits per heavy atom. The van der Waals surface area contributed by atoms with Gasteiger partial charge in [0, 0.05) is 24.2 Å². The molecule has 0 radical (unpaired) electrons. The second kappa shape index (κ2) is 9.37. The van der Waals surface area contributed by atoms with E-state index in [-0.39, 0.29) is 12.1 Å².